The second kappa shape index (κ2) is 12.4. The van der Waals surface area contributed by atoms with Gasteiger partial charge in [-0.15, -0.1) is 0 Å². The van der Waals surface area contributed by atoms with Crippen LogP contribution in [0.3, 0.4) is 0 Å². The molecule has 0 fully saturated rings. The van der Waals surface area contributed by atoms with Crippen molar-refractivity contribution in [3.63, 3.8) is 0 Å². The molecule has 5 heteroatoms. The average molecular weight is 475 g/mol. The number of aryl methyl sites for hydroxylation is 1. The summed E-state index contributed by atoms with van der Waals surface area (Å²) >= 11 is 0. The van der Waals surface area contributed by atoms with Gasteiger partial charge in [0, 0.05) is 43.1 Å². The summed E-state index contributed by atoms with van der Waals surface area (Å²) in [5.41, 5.74) is 3.13. The van der Waals surface area contributed by atoms with E-state index < -0.39 is 10.0 Å². The topological polar surface area (TPSA) is 42.3 Å². The molecule has 3 rings (SSSR count). The number of unbranched alkanes of at least 4 members (excludes halogenated alkanes) is 4. The van der Waals surface area contributed by atoms with Crippen molar-refractivity contribution in [3.05, 3.63) is 65.9 Å². The molecule has 4 nitrogen and oxygen atoms in total. The average Bonchev–Trinajstić information content (AvgIpc) is 3.19. The molecule has 0 radical (unpaired) electrons. The molecule has 0 aliphatic heterocycles. The Kier molecular flexibility index (Phi) is 9.25. The van der Waals surface area contributed by atoms with Gasteiger partial charge < -0.3 is 0 Å². The lowest BCUT2D eigenvalue weighted by Gasteiger charge is -2.18. The SMILES string of the molecule is CCCCC#CN(CCc1cn(C#CCCCC)c2ccccc12)S(=O)(=O)c1ccc(C)cc1. The van der Waals surface area contributed by atoms with Crippen LogP contribution in [0.2, 0.25) is 0 Å². The Morgan fingerprint density at radius 2 is 1.59 bits per heavy atom. The van der Waals surface area contributed by atoms with Crippen LogP contribution in [0.25, 0.3) is 10.9 Å². The maximum absolute atomic E-state index is 13.4. The smallest absolute Gasteiger partial charge is 0.270 e. The molecule has 0 aliphatic carbocycles. The molecule has 3 aromatic rings. The first-order chi connectivity index (χ1) is 16.5. The zero-order chi connectivity index (χ0) is 24.4. The molecule has 0 amide bonds. The summed E-state index contributed by atoms with van der Waals surface area (Å²) < 4.78 is 30.1. The highest BCUT2D eigenvalue weighted by molar-refractivity contribution is 7.89. The lowest BCUT2D eigenvalue weighted by molar-refractivity contribution is 0.512. The monoisotopic (exact) mass is 474 g/mol. The van der Waals surface area contributed by atoms with Gasteiger partial charge in [-0.2, -0.15) is 0 Å². The van der Waals surface area contributed by atoms with Gasteiger partial charge in [-0.05, 0) is 49.9 Å². The summed E-state index contributed by atoms with van der Waals surface area (Å²) in [4.78, 5) is 0.270. The zero-order valence-electron chi connectivity index (χ0n) is 20.5. The molecule has 1 heterocycles. The third-order valence-electron chi connectivity index (χ3n) is 5.70. The van der Waals surface area contributed by atoms with Gasteiger partial charge in [0.15, 0.2) is 0 Å². The Balaban J connectivity index is 1.89. The second-order valence-electron chi connectivity index (χ2n) is 8.47. The summed E-state index contributed by atoms with van der Waals surface area (Å²) in [7, 11) is -3.72. The summed E-state index contributed by atoms with van der Waals surface area (Å²) in [6.45, 7) is 6.49. The van der Waals surface area contributed by atoms with E-state index in [1.807, 2.05) is 42.0 Å². The van der Waals surface area contributed by atoms with Gasteiger partial charge >= 0.3 is 0 Å². The molecule has 0 saturated heterocycles. The summed E-state index contributed by atoms with van der Waals surface area (Å²) in [5.74, 6) is 6.31. The number of rotatable bonds is 9. The first-order valence-electron chi connectivity index (χ1n) is 12.1. The van der Waals surface area contributed by atoms with Gasteiger partial charge in [0.1, 0.15) is 0 Å². The highest BCUT2D eigenvalue weighted by atomic mass is 32.2. The van der Waals surface area contributed by atoms with Crippen molar-refractivity contribution in [2.75, 3.05) is 6.54 Å². The van der Waals surface area contributed by atoms with Crippen molar-refractivity contribution in [3.8, 4) is 23.9 Å². The summed E-state index contributed by atoms with van der Waals surface area (Å²) in [6.07, 6.45) is 8.33. The molecule has 0 unspecified atom stereocenters. The fourth-order valence-corrected chi connectivity index (χ4v) is 4.90. The number of hydrogen-bond donors (Lipinski definition) is 0. The van der Waals surface area contributed by atoms with E-state index in [1.165, 1.54) is 4.31 Å². The van der Waals surface area contributed by atoms with Gasteiger partial charge in [-0.25, -0.2) is 12.7 Å². The Morgan fingerprint density at radius 1 is 0.912 bits per heavy atom. The van der Waals surface area contributed by atoms with Gasteiger partial charge in [0.2, 0.25) is 0 Å². The van der Waals surface area contributed by atoms with Crippen LogP contribution in [0.15, 0.2) is 59.6 Å². The summed E-state index contributed by atoms with van der Waals surface area (Å²) in [6, 6.07) is 21.3. The van der Waals surface area contributed by atoms with Gasteiger partial charge in [0.05, 0.1) is 10.4 Å². The van der Waals surface area contributed by atoms with E-state index in [-0.39, 0.29) is 11.4 Å². The molecule has 0 bridgehead atoms. The van der Waals surface area contributed by atoms with E-state index in [0.29, 0.717) is 12.8 Å². The predicted molar refractivity (Wildman–Crippen MR) is 141 cm³/mol. The summed E-state index contributed by atoms with van der Waals surface area (Å²) in [5, 5.41) is 1.10. The fraction of sp³-hybridized carbons (Fsp3) is 0.379. The van der Waals surface area contributed by atoms with Crippen LogP contribution in [0.4, 0.5) is 0 Å². The van der Waals surface area contributed by atoms with E-state index in [2.05, 4.69) is 49.9 Å². The number of fused-ring (bicyclic) bond motifs is 1. The first-order valence-corrected chi connectivity index (χ1v) is 13.6. The third kappa shape index (κ3) is 6.46. The Bertz CT molecular complexity index is 1310. The van der Waals surface area contributed by atoms with Crippen LogP contribution in [-0.4, -0.2) is 23.8 Å². The molecule has 0 N–H and O–H groups in total. The molecule has 34 heavy (non-hydrogen) atoms. The molecule has 2 aromatic carbocycles. The van der Waals surface area contributed by atoms with Gasteiger partial charge in [0.25, 0.3) is 10.0 Å². The number of para-hydroxylation sites is 1. The Labute approximate surface area is 205 Å². The maximum Gasteiger partial charge on any atom is 0.270 e. The van der Waals surface area contributed by atoms with E-state index in [1.54, 1.807) is 12.1 Å². The number of sulfonamides is 1. The molecule has 0 spiro atoms. The Morgan fingerprint density at radius 3 is 2.29 bits per heavy atom. The minimum absolute atomic E-state index is 0.270. The number of nitrogens with zero attached hydrogens (tertiary/aromatic N) is 2. The highest BCUT2D eigenvalue weighted by Crippen LogP contribution is 2.23. The number of benzene rings is 2. The van der Waals surface area contributed by atoms with Crippen molar-refractivity contribution in [1.82, 2.24) is 8.87 Å². The zero-order valence-corrected chi connectivity index (χ0v) is 21.3. The molecule has 0 aliphatic rings. The van der Waals surface area contributed by atoms with Crippen LogP contribution in [-0.2, 0) is 16.4 Å². The number of aromatic nitrogens is 1. The minimum Gasteiger partial charge on any atom is -0.276 e. The van der Waals surface area contributed by atoms with Crippen molar-refractivity contribution in [2.45, 2.75) is 70.6 Å². The largest absolute Gasteiger partial charge is 0.276 e. The van der Waals surface area contributed by atoms with E-state index in [9.17, 15) is 8.42 Å². The van der Waals surface area contributed by atoms with E-state index in [4.69, 9.17) is 0 Å². The highest BCUT2D eigenvalue weighted by Gasteiger charge is 2.22. The quantitative estimate of drug-likeness (QED) is 0.206. The van der Waals surface area contributed by atoms with Crippen LogP contribution in [0.5, 0.6) is 0 Å². The minimum atomic E-state index is -3.72. The van der Waals surface area contributed by atoms with Gasteiger partial charge in [-0.1, -0.05) is 74.4 Å². The molecular weight excluding hydrogens is 440 g/mol. The van der Waals surface area contributed by atoms with Crippen LogP contribution in [0, 0.1) is 30.9 Å². The van der Waals surface area contributed by atoms with E-state index in [0.717, 1.165) is 54.1 Å². The standard InChI is InChI=1S/C29H34N2O2S/c1-4-6-8-12-21-30-24-26(28-14-10-11-15-29(28)30)20-23-31(22-13-9-7-5-2)34(32,33)27-18-16-25(3)17-19-27/h10-11,14-19,24H,4-9,20,23H2,1-3H3. The van der Waals surface area contributed by atoms with E-state index >= 15 is 0 Å². The van der Waals surface area contributed by atoms with Crippen LogP contribution >= 0.6 is 0 Å². The second-order valence-corrected chi connectivity index (χ2v) is 10.3. The van der Waals surface area contributed by atoms with Crippen molar-refractivity contribution in [1.29, 1.82) is 0 Å². The molecule has 0 atom stereocenters. The Hall–Kier alpha value is -3.15. The fourth-order valence-electron chi connectivity index (χ4n) is 3.65. The molecule has 0 saturated carbocycles. The van der Waals surface area contributed by atoms with Crippen molar-refractivity contribution in [2.24, 2.45) is 0 Å². The van der Waals surface area contributed by atoms with Crippen molar-refractivity contribution < 1.29 is 8.42 Å². The first kappa shape index (κ1) is 25.5. The van der Waals surface area contributed by atoms with Gasteiger partial charge in [-0.3, -0.25) is 4.57 Å². The molecule has 1 aromatic heterocycles. The van der Waals surface area contributed by atoms with Crippen LogP contribution in [0.1, 0.15) is 63.5 Å². The normalized spacial score (nSPS) is 10.9. The van der Waals surface area contributed by atoms with Crippen LogP contribution < -0.4 is 0 Å². The lowest BCUT2D eigenvalue weighted by Crippen LogP contribution is -2.28. The third-order valence-corrected chi connectivity index (χ3v) is 7.42. The number of hydrogen-bond acceptors (Lipinski definition) is 2. The molecular formula is C29H34N2O2S. The maximum atomic E-state index is 13.4. The molecule has 178 valence electrons. The lowest BCUT2D eigenvalue weighted by atomic mass is 10.1. The predicted octanol–water partition coefficient (Wildman–Crippen LogP) is 6.33. The van der Waals surface area contributed by atoms with Crippen molar-refractivity contribution >= 4 is 20.9 Å².